The summed E-state index contributed by atoms with van der Waals surface area (Å²) in [4.78, 5) is 51.3. The quantitative estimate of drug-likeness (QED) is 0.237. The second-order valence-corrected chi connectivity index (χ2v) is 13.2. The molecule has 45 heavy (non-hydrogen) atoms. The van der Waals surface area contributed by atoms with E-state index in [-0.39, 0.29) is 30.2 Å². The molecule has 0 aliphatic carbocycles. The minimum atomic E-state index is -1.12. The van der Waals surface area contributed by atoms with E-state index in [9.17, 15) is 19.5 Å². The van der Waals surface area contributed by atoms with E-state index in [1.165, 1.54) is 0 Å². The van der Waals surface area contributed by atoms with Crippen molar-refractivity contribution in [2.45, 2.75) is 56.9 Å². The van der Waals surface area contributed by atoms with Crippen molar-refractivity contribution in [2.75, 3.05) is 65.6 Å². The van der Waals surface area contributed by atoms with Crippen molar-refractivity contribution in [3.8, 4) is 0 Å². The highest BCUT2D eigenvalue weighted by Crippen LogP contribution is 2.65. The Morgan fingerprint density at radius 3 is 2.40 bits per heavy atom. The fraction of sp³-hybridized carbons (Fsp3) is 0.629. The van der Waals surface area contributed by atoms with Gasteiger partial charge in [0.25, 0.3) is 0 Å². The summed E-state index contributed by atoms with van der Waals surface area (Å²) in [6, 6.07) is 8.93. The average molecular weight is 623 g/mol. The summed E-state index contributed by atoms with van der Waals surface area (Å²) >= 11 is 0. The molecule has 246 valence electrons. The van der Waals surface area contributed by atoms with E-state index in [4.69, 9.17) is 9.47 Å². The summed E-state index contributed by atoms with van der Waals surface area (Å²) in [5, 5.41) is 9.53. The number of aliphatic hydroxyl groups excluding tert-OH is 1. The van der Waals surface area contributed by atoms with E-state index in [1.807, 2.05) is 37.3 Å². The van der Waals surface area contributed by atoms with Gasteiger partial charge in [0.1, 0.15) is 11.6 Å². The highest BCUT2D eigenvalue weighted by Gasteiger charge is 2.80. The van der Waals surface area contributed by atoms with Gasteiger partial charge in [-0.05, 0) is 37.7 Å². The zero-order valence-corrected chi connectivity index (χ0v) is 26.9. The Balaban J connectivity index is 1.49. The number of unbranched alkanes of at least 4 members (excludes halogenated alkanes) is 1. The van der Waals surface area contributed by atoms with Crippen molar-refractivity contribution in [2.24, 2.45) is 17.8 Å². The SMILES string of the molecule is C=CCN(CCN1CCOCC1)C(=O)C1N(CCCCO)C(=O)[C@@H]2[C@@H](C(=O)N(CC=C)Cc3ccccc3)[C@]3(C)OC12CC3C. The molecule has 0 saturated carbocycles. The number of hydrogen-bond donors (Lipinski definition) is 1. The van der Waals surface area contributed by atoms with E-state index in [2.05, 4.69) is 25.0 Å². The average Bonchev–Trinajstić information content (AvgIpc) is 3.55. The van der Waals surface area contributed by atoms with Gasteiger partial charge < -0.3 is 29.3 Å². The third-order valence-corrected chi connectivity index (χ3v) is 10.5. The number of hydrogen-bond acceptors (Lipinski definition) is 7. The van der Waals surface area contributed by atoms with Gasteiger partial charge in [-0.15, -0.1) is 13.2 Å². The van der Waals surface area contributed by atoms with Crippen LogP contribution in [0.25, 0.3) is 0 Å². The van der Waals surface area contributed by atoms with E-state index >= 15 is 0 Å². The van der Waals surface area contributed by atoms with Crippen molar-refractivity contribution >= 4 is 17.7 Å². The molecular weight excluding hydrogens is 572 g/mol. The summed E-state index contributed by atoms with van der Waals surface area (Å²) in [5.41, 5.74) is -1.03. The molecule has 2 bridgehead atoms. The number of nitrogens with zero attached hydrogens (tertiary/aromatic N) is 4. The van der Waals surface area contributed by atoms with E-state index in [1.54, 1.807) is 26.9 Å². The van der Waals surface area contributed by atoms with Crippen molar-refractivity contribution in [1.82, 2.24) is 19.6 Å². The number of fused-ring (bicyclic) bond motifs is 1. The number of rotatable bonds is 15. The Morgan fingerprint density at radius 1 is 1.04 bits per heavy atom. The van der Waals surface area contributed by atoms with Crippen molar-refractivity contribution in [3.63, 3.8) is 0 Å². The van der Waals surface area contributed by atoms with Crippen LogP contribution < -0.4 is 0 Å². The molecule has 1 aromatic carbocycles. The third-order valence-electron chi connectivity index (χ3n) is 10.5. The molecule has 1 aromatic rings. The molecule has 4 aliphatic rings. The lowest BCUT2D eigenvalue weighted by Gasteiger charge is -2.39. The Kier molecular flexibility index (Phi) is 10.5. The topological polar surface area (TPSA) is 103 Å². The van der Waals surface area contributed by atoms with Crippen LogP contribution in [0, 0.1) is 17.8 Å². The van der Waals surface area contributed by atoms with Gasteiger partial charge >= 0.3 is 0 Å². The summed E-state index contributed by atoms with van der Waals surface area (Å²) in [7, 11) is 0. The first-order valence-electron chi connectivity index (χ1n) is 16.5. The molecule has 4 aliphatic heterocycles. The van der Waals surface area contributed by atoms with E-state index < -0.39 is 29.1 Å². The Morgan fingerprint density at radius 2 is 1.73 bits per heavy atom. The Bertz CT molecular complexity index is 1240. The van der Waals surface area contributed by atoms with Crippen LogP contribution in [0.1, 0.15) is 38.7 Å². The number of morpholine rings is 1. The standard InChI is InChI=1S/C35H50N4O6/c1-5-14-37(18-17-36-19-22-44-23-20-36)33(43)30-35-24-26(3)34(4,45-35)28(29(35)32(42)39(30)16-10-11-21-40)31(41)38(15-6-2)25-27-12-8-7-9-13-27/h5-9,12-13,26,28-30,40H,1-2,10-11,14-25H2,3-4H3/t26?,28-,29-,30?,34+,35?/m0/s1. The Labute approximate surface area is 267 Å². The van der Waals surface area contributed by atoms with Gasteiger partial charge in [-0.3, -0.25) is 19.3 Å². The number of ether oxygens (including phenoxy) is 2. The first-order valence-corrected chi connectivity index (χ1v) is 16.5. The monoisotopic (exact) mass is 622 g/mol. The van der Waals surface area contributed by atoms with Crippen LogP contribution in [-0.4, -0.2) is 125 Å². The van der Waals surface area contributed by atoms with Gasteiger partial charge in [-0.25, -0.2) is 0 Å². The molecule has 4 fully saturated rings. The number of amides is 3. The van der Waals surface area contributed by atoms with Crippen molar-refractivity contribution < 1.29 is 29.0 Å². The van der Waals surface area contributed by atoms with Gasteiger partial charge in [0.2, 0.25) is 17.7 Å². The molecule has 6 atom stereocenters. The van der Waals surface area contributed by atoms with Gasteiger partial charge in [0, 0.05) is 59.0 Å². The fourth-order valence-corrected chi connectivity index (χ4v) is 8.12. The second-order valence-electron chi connectivity index (χ2n) is 13.2. The minimum absolute atomic E-state index is 0.0000679. The fourth-order valence-electron chi connectivity index (χ4n) is 8.12. The molecule has 0 radical (unpaired) electrons. The van der Waals surface area contributed by atoms with E-state index in [0.29, 0.717) is 71.7 Å². The van der Waals surface area contributed by atoms with Crippen LogP contribution in [0.3, 0.4) is 0 Å². The second kappa shape index (κ2) is 14.2. The molecule has 5 rings (SSSR count). The van der Waals surface area contributed by atoms with Gasteiger partial charge in [-0.1, -0.05) is 49.4 Å². The molecule has 10 nitrogen and oxygen atoms in total. The number of carbonyl (C=O) groups excluding carboxylic acids is 3. The normalized spacial score (nSPS) is 30.7. The zero-order valence-electron chi connectivity index (χ0n) is 26.9. The molecule has 4 heterocycles. The molecule has 4 saturated heterocycles. The Hall–Kier alpha value is -3.05. The molecular formula is C35H50N4O6. The van der Waals surface area contributed by atoms with Gasteiger partial charge in [0.15, 0.2) is 0 Å². The minimum Gasteiger partial charge on any atom is -0.396 e. The van der Waals surface area contributed by atoms with Gasteiger partial charge in [0.05, 0.1) is 30.7 Å². The molecule has 1 spiro atoms. The molecule has 0 aromatic heterocycles. The summed E-state index contributed by atoms with van der Waals surface area (Å²) < 4.78 is 12.5. The number of likely N-dealkylation sites (tertiary alicyclic amines) is 1. The molecule has 3 amide bonds. The zero-order chi connectivity index (χ0) is 32.2. The number of carbonyl (C=O) groups is 3. The number of benzene rings is 1. The number of aliphatic hydroxyl groups is 1. The van der Waals surface area contributed by atoms with Crippen LogP contribution in [0.5, 0.6) is 0 Å². The van der Waals surface area contributed by atoms with Crippen LogP contribution in [0.4, 0.5) is 0 Å². The highest BCUT2D eigenvalue weighted by atomic mass is 16.5. The third kappa shape index (κ3) is 6.22. The molecule has 3 unspecified atom stereocenters. The lowest BCUT2D eigenvalue weighted by Crippen LogP contribution is -2.57. The van der Waals surface area contributed by atoms with E-state index in [0.717, 1.165) is 18.7 Å². The smallest absolute Gasteiger partial charge is 0.248 e. The molecule has 10 heteroatoms. The van der Waals surface area contributed by atoms with Crippen molar-refractivity contribution in [1.29, 1.82) is 0 Å². The highest BCUT2D eigenvalue weighted by molar-refractivity contribution is 5.99. The lowest BCUT2D eigenvalue weighted by atomic mass is 9.62. The summed E-state index contributed by atoms with van der Waals surface area (Å²) in [6.07, 6.45) is 5.01. The maximum Gasteiger partial charge on any atom is 0.248 e. The predicted molar refractivity (Wildman–Crippen MR) is 171 cm³/mol. The first-order chi connectivity index (χ1) is 21.7. The largest absolute Gasteiger partial charge is 0.396 e. The van der Waals surface area contributed by atoms with Crippen molar-refractivity contribution in [3.05, 3.63) is 61.2 Å². The summed E-state index contributed by atoms with van der Waals surface area (Å²) in [5.74, 6) is -2.08. The predicted octanol–water partition coefficient (Wildman–Crippen LogP) is 2.33. The van der Waals surface area contributed by atoms with Crippen LogP contribution in [0.15, 0.2) is 55.6 Å². The maximum atomic E-state index is 14.7. The lowest BCUT2D eigenvalue weighted by molar-refractivity contribution is -0.155. The summed E-state index contributed by atoms with van der Waals surface area (Å²) in [6.45, 7) is 17.4. The maximum absolute atomic E-state index is 14.7. The van der Waals surface area contributed by atoms with Crippen LogP contribution >= 0.6 is 0 Å². The van der Waals surface area contributed by atoms with Crippen LogP contribution in [-0.2, 0) is 30.4 Å². The molecule has 1 N–H and O–H groups in total. The van der Waals surface area contributed by atoms with Crippen LogP contribution in [0.2, 0.25) is 0 Å². The van der Waals surface area contributed by atoms with Gasteiger partial charge in [-0.2, -0.15) is 0 Å². The first kappa shape index (κ1) is 33.3.